The Balaban J connectivity index is 2.07. The minimum Gasteiger partial charge on any atom is -0.394 e. The number of hydrogen-bond acceptors (Lipinski definition) is 3. The Morgan fingerprint density at radius 3 is 2.81 bits per heavy atom. The van der Waals surface area contributed by atoms with Gasteiger partial charge in [-0.25, -0.2) is 0 Å². The molecule has 5 heteroatoms. The van der Waals surface area contributed by atoms with Crippen LogP contribution in [-0.2, 0) is 11.3 Å². The molecule has 2 rings (SSSR count). The van der Waals surface area contributed by atoms with E-state index in [1.807, 2.05) is 17.0 Å². The van der Waals surface area contributed by atoms with E-state index in [1.165, 1.54) is 0 Å². The first kappa shape index (κ1) is 15.5. The first-order valence-corrected chi connectivity index (χ1v) is 7.21. The lowest BCUT2D eigenvalue weighted by atomic mass is 10.0. The zero-order valence-corrected chi connectivity index (χ0v) is 12.6. The normalized spacial score (nSPS) is 15.4. The predicted molar refractivity (Wildman–Crippen MR) is 79.7 cm³/mol. The molecule has 0 bridgehead atoms. The van der Waals surface area contributed by atoms with Crippen LogP contribution in [0.15, 0.2) is 24.3 Å². The molecule has 114 valence electrons. The van der Waals surface area contributed by atoms with Gasteiger partial charge in [0.05, 0.1) is 12.1 Å². The third-order valence-corrected chi connectivity index (χ3v) is 3.58. The molecule has 0 unspecified atom stereocenters. The number of aliphatic hydroxyl groups excluding tert-OH is 1. The summed E-state index contributed by atoms with van der Waals surface area (Å²) in [6.45, 7) is 4.73. The second kappa shape index (κ2) is 6.26. The molecular weight excluding hydrogens is 268 g/mol. The van der Waals surface area contributed by atoms with E-state index in [-0.39, 0.29) is 18.4 Å². The summed E-state index contributed by atoms with van der Waals surface area (Å²) in [5.74, 6) is -0.0464. The highest BCUT2D eigenvalue weighted by Gasteiger charge is 2.22. The third kappa shape index (κ3) is 4.04. The number of amides is 2. The molecule has 2 amide bonds. The molecular formula is C16H22N2O3. The van der Waals surface area contributed by atoms with Gasteiger partial charge in [-0.3, -0.25) is 9.59 Å². The molecule has 0 saturated carbocycles. The van der Waals surface area contributed by atoms with Crippen molar-refractivity contribution in [2.24, 2.45) is 0 Å². The molecule has 0 aromatic heterocycles. The molecule has 5 nitrogen and oxygen atoms in total. The predicted octanol–water partition coefficient (Wildman–Crippen LogP) is 1.31. The number of aliphatic hydroxyl groups is 1. The molecule has 1 aromatic rings. The number of nitrogens with one attached hydrogen (secondary N) is 1. The summed E-state index contributed by atoms with van der Waals surface area (Å²) in [4.78, 5) is 25.6. The van der Waals surface area contributed by atoms with Gasteiger partial charge in [0.1, 0.15) is 0 Å². The summed E-state index contributed by atoms with van der Waals surface area (Å²) >= 11 is 0. The standard InChI is InChI=1S/C16H22N2O3/c1-16(2,11-19)17-15(21)13-6-3-5-12(9-13)10-18-8-4-7-14(18)20/h3,5-6,9,19H,4,7-8,10-11H2,1-2H3,(H,17,21). The van der Waals surface area contributed by atoms with E-state index in [2.05, 4.69) is 5.32 Å². The Kier molecular flexibility index (Phi) is 4.63. The SMILES string of the molecule is CC(C)(CO)NC(=O)c1cccc(CN2CCCC2=O)c1. The number of carbonyl (C=O) groups is 2. The summed E-state index contributed by atoms with van der Waals surface area (Å²) in [7, 11) is 0. The van der Waals surface area contributed by atoms with Gasteiger partial charge in [-0.2, -0.15) is 0 Å². The zero-order valence-electron chi connectivity index (χ0n) is 12.6. The van der Waals surface area contributed by atoms with E-state index in [4.69, 9.17) is 0 Å². The van der Waals surface area contributed by atoms with Gasteiger partial charge in [0.2, 0.25) is 5.91 Å². The van der Waals surface area contributed by atoms with Crippen LogP contribution in [0.5, 0.6) is 0 Å². The minimum absolute atomic E-state index is 0.124. The average Bonchev–Trinajstić information content (AvgIpc) is 2.84. The highest BCUT2D eigenvalue weighted by molar-refractivity contribution is 5.94. The van der Waals surface area contributed by atoms with Gasteiger partial charge in [-0.05, 0) is 38.0 Å². The first-order chi connectivity index (χ1) is 9.91. The third-order valence-electron chi connectivity index (χ3n) is 3.58. The van der Waals surface area contributed by atoms with Crippen molar-refractivity contribution >= 4 is 11.8 Å². The van der Waals surface area contributed by atoms with Crippen molar-refractivity contribution in [3.05, 3.63) is 35.4 Å². The van der Waals surface area contributed by atoms with E-state index in [9.17, 15) is 14.7 Å². The van der Waals surface area contributed by atoms with Crippen molar-refractivity contribution in [1.82, 2.24) is 10.2 Å². The number of nitrogens with zero attached hydrogens (tertiary/aromatic N) is 1. The number of likely N-dealkylation sites (tertiary alicyclic amines) is 1. The second-order valence-corrected chi connectivity index (χ2v) is 6.12. The van der Waals surface area contributed by atoms with E-state index in [1.54, 1.807) is 26.0 Å². The van der Waals surface area contributed by atoms with Crippen molar-refractivity contribution in [2.75, 3.05) is 13.2 Å². The number of carbonyl (C=O) groups excluding carboxylic acids is 2. The summed E-state index contributed by atoms with van der Waals surface area (Å²) in [5.41, 5.74) is 0.832. The smallest absolute Gasteiger partial charge is 0.251 e. The van der Waals surface area contributed by atoms with Crippen LogP contribution < -0.4 is 5.32 Å². The summed E-state index contributed by atoms with van der Waals surface area (Å²) in [5, 5.41) is 12.0. The molecule has 1 aliphatic heterocycles. The van der Waals surface area contributed by atoms with Gasteiger partial charge in [0, 0.05) is 25.1 Å². The van der Waals surface area contributed by atoms with Crippen LogP contribution in [-0.4, -0.2) is 40.5 Å². The van der Waals surface area contributed by atoms with E-state index in [0.717, 1.165) is 18.5 Å². The van der Waals surface area contributed by atoms with Crippen LogP contribution in [0.4, 0.5) is 0 Å². The van der Waals surface area contributed by atoms with Crippen molar-refractivity contribution in [3.8, 4) is 0 Å². The van der Waals surface area contributed by atoms with Gasteiger partial charge in [0.25, 0.3) is 5.91 Å². The van der Waals surface area contributed by atoms with Crippen molar-refractivity contribution in [1.29, 1.82) is 0 Å². The van der Waals surface area contributed by atoms with Gasteiger partial charge in [0.15, 0.2) is 0 Å². The molecule has 0 aliphatic carbocycles. The molecule has 2 N–H and O–H groups in total. The second-order valence-electron chi connectivity index (χ2n) is 6.12. The molecule has 0 radical (unpaired) electrons. The maximum Gasteiger partial charge on any atom is 0.251 e. The summed E-state index contributed by atoms with van der Waals surface area (Å²) in [6, 6.07) is 7.27. The Hall–Kier alpha value is -1.88. The molecule has 0 spiro atoms. The highest BCUT2D eigenvalue weighted by Crippen LogP contribution is 2.15. The fourth-order valence-electron chi connectivity index (χ4n) is 2.32. The largest absolute Gasteiger partial charge is 0.394 e. The minimum atomic E-state index is -0.655. The quantitative estimate of drug-likeness (QED) is 0.859. The van der Waals surface area contributed by atoms with Crippen LogP contribution in [0.25, 0.3) is 0 Å². The average molecular weight is 290 g/mol. The highest BCUT2D eigenvalue weighted by atomic mass is 16.3. The molecule has 1 fully saturated rings. The van der Waals surface area contributed by atoms with Crippen molar-refractivity contribution in [3.63, 3.8) is 0 Å². The Morgan fingerprint density at radius 1 is 1.43 bits per heavy atom. The van der Waals surface area contributed by atoms with Crippen LogP contribution in [0.2, 0.25) is 0 Å². The lowest BCUT2D eigenvalue weighted by molar-refractivity contribution is -0.128. The molecule has 1 saturated heterocycles. The van der Waals surface area contributed by atoms with Crippen LogP contribution in [0.1, 0.15) is 42.6 Å². The Morgan fingerprint density at radius 2 is 2.19 bits per heavy atom. The van der Waals surface area contributed by atoms with Crippen LogP contribution in [0.3, 0.4) is 0 Å². The molecule has 1 heterocycles. The lowest BCUT2D eigenvalue weighted by Crippen LogP contribution is -2.46. The number of hydrogen-bond donors (Lipinski definition) is 2. The van der Waals surface area contributed by atoms with E-state index < -0.39 is 5.54 Å². The van der Waals surface area contributed by atoms with Gasteiger partial charge >= 0.3 is 0 Å². The fourth-order valence-corrected chi connectivity index (χ4v) is 2.32. The monoisotopic (exact) mass is 290 g/mol. The molecule has 21 heavy (non-hydrogen) atoms. The first-order valence-electron chi connectivity index (χ1n) is 7.21. The number of rotatable bonds is 5. The van der Waals surface area contributed by atoms with E-state index in [0.29, 0.717) is 18.5 Å². The van der Waals surface area contributed by atoms with Crippen molar-refractivity contribution in [2.45, 2.75) is 38.8 Å². The van der Waals surface area contributed by atoms with Gasteiger partial charge in [-0.1, -0.05) is 12.1 Å². The zero-order chi connectivity index (χ0) is 15.5. The molecule has 0 atom stereocenters. The van der Waals surface area contributed by atoms with Gasteiger partial charge < -0.3 is 15.3 Å². The molecule has 1 aliphatic rings. The fraction of sp³-hybridized carbons (Fsp3) is 0.500. The van der Waals surface area contributed by atoms with Crippen LogP contribution in [0, 0.1) is 0 Å². The van der Waals surface area contributed by atoms with Crippen molar-refractivity contribution < 1.29 is 14.7 Å². The topological polar surface area (TPSA) is 69.6 Å². The van der Waals surface area contributed by atoms with Crippen LogP contribution >= 0.6 is 0 Å². The van der Waals surface area contributed by atoms with Gasteiger partial charge in [-0.15, -0.1) is 0 Å². The Labute approximate surface area is 125 Å². The Bertz CT molecular complexity index is 540. The van der Waals surface area contributed by atoms with E-state index >= 15 is 0 Å². The lowest BCUT2D eigenvalue weighted by Gasteiger charge is -2.23. The summed E-state index contributed by atoms with van der Waals surface area (Å²) < 4.78 is 0. The maximum absolute atomic E-state index is 12.2. The maximum atomic E-state index is 12.2. The number of benzene rings is 1. The molecule has 1 aromatic carbocycles. The summed E-state index contributed by atoms with van der Waals surface area (Å²) in [6.07, 6.45) is 1.52.